The van der Waals surface area contributed by atoms with Crippen molar-refractivity contribution in [3.63, 3.8) is 0 Å². The van der Waals surface area contributed by atoms with Crippen molar-refractivity contribution in [2.75, 3.05) is 32.6 Å². The number of hydrogen-bond acceptors (Lipinski definition) is 10. The Morgan fingerprint density at radius 3 is 2.69 bits per heavy atom. The molecule has 3 aromatic rings. The normalized spacial score (nSPS) is 15.0. The fraction of sp³-hybridized carbons (Fsp3) is 0.476. The zero-order valence-electron chi connectivity index (χ0n) is 18.3. The molecule has 4 rings (SSSR count). The van der Waals surface area contributed by atoms with Crippen LogP contribution in [-0.4, -0.2) is 58.5 Å². The number of ether oxygens (including phenoxy) is 2. The van der Waals surface area contributed by atoms with E-state index in [1.807, 2.05) is 25.1 Å². The SMILES string of the molecule is CCc1nnc(NC(=O)C2CCN(Cc3nc(-c4ccc(OC)c(OC)c4)no3)CC2)s1. The maximum absolute atomic E-state index is 12.5. The van der Waals surface area contributed by atoms with Gasteiger partial charge in [0, 0.05) is 11.5 Å². The molecule has 170 valence electrons. The minimum absolute atomic E-state index is 0.0111. The predicted octanol–water partition coefficient (Wildman–Crippen LogP) is 3.02. The molecule has 1 aliphatic heterocycles. The predicted molar refractivity (Wildman–Crippen MR) is 119 cm³/mol. The number of nitrogens with zero attached hydrogens (tertiary/aromatic N) is 5. The Balaban J connectivity index is 1.30. The number of rotatable bonds is 8. The summed E-state index contributed by atoms with van der Waals surface area (Å²) >= 11 is 1.43. The Bertz CT molecular complexity index is 1060. The molecule has 0 saturated carbocycles. The number of likely N-dealkylation sites (tertiary alicyclic amines) is 1. The van der Waals surface area contributed by atoms with Crippen molar-refractivity contribution in [1.82, 2.24) is 25.2 Å². The number of methoxy groups -OCH3 is 2. The van der Waals surface area contributed by atoms with Gasteiger partial charge in [0.15, 0.2) is 11.5 Å². The van der Waals surface area contributed by atoms with Crippen molar-refractivity contribution in [3.05, 3.63) is 29.1 Å². The largest absolute Gasteiger partial charge is 0.493 e. The highest BCUT2D eigenvalue weighted by molar-refractivity contribution is 7.15. The molecular weight excluding hydrogens is 432 g/mol. The first-order valence-corrected chi connectivity index (χ1v) is 11.3. The van der Waals surface area contributed by atoms with Gasteiger partial charge in [-0.15, -0.1) is 10.2 Å². The molecule has 0 radical (unpaired) electrons. The quantitative estimate of drug-likeness (QED) is 0.544. The van der Waals surface area contributed by atoms with Crippen LogP contribution >= 0.6 is 11.3 Å². The van der Waals surface area contributed by atoms with Crippen LogP contribution in [0.1, 0.15) is 30.7 Å². The van der Waals surface area contributed by atoms with Gasteiger partial charge in [0.05, 0.1) is 20.8 Å². The third kappa shape index (κ3) is 5.05. The van der Waals surface area contributed by atoms with E-state index in [4.69, 9.17) is 14.0 Å². The minimum atomic E-state index is -0.0368. The molecule has 11 heteroatoms. The van der Waals surface area contributed by atoms with Crippen molar-refractivity contribution < 1.29 is 18.8 Å². The number of hydrogen-bond donors (Lipinski definition) is 1. The van der Waals surface area contributed by atoms with Crippen molar-refractivity contribution in [2.45, 2.75) is 32.7 Å². The van der Waals surface area contributed by atoms with Crippen LogP contribution in [0.2, 0.25) is 0 Å². The first-order chi connectivity index (χ1) is 15.6. The second-order valence-corrected chi connectivity index (χ2v) is 8.54. The summed E-state index contributed by atoms with van der Waals surface area (Å²) in [5.74, 6) is 2.26. The lowest BCUT2D eigenvalue weighted by Gasteiger charge is -2.29. The zero-order chi connectivity index (χ0) is 22.5. The van der Waals surface area contributed by atoms with Gasteiger partial charge in [-0.05, 0) is 50.6 Å². The van der Waals surface area contributed by atoms with Crippen LogP contribution < -0.4 is 14.8 Å². The van der Waals surface area contributed by atoms with E-state index in [0.717, 1.165) is 42.9 Å². The second kappa shape index (κ2) is 10.0. The van der Waals surface area contributed by atoms with Crippen molar-refractivity contribution in [1.29, 1.82) is 0 Å². The van der Waals surface area contributed by atoms with Crippen molar-refractivity contribution in [2.24, 2.45) is 5.92 Å². The van der Waals surface area contributed by atoms with E-state index in [1.54, 1.807) is 14.2 Å². The molecular formula is C21H26N6O4S. The third-order valence-electron chi connectivity index (χ3n) is 5.43. The molecule has 1 N–H and O–H groups in total. The molecule has 0 aliphatic carbocycles. The van der Waals surface area contributed by atoms with E-state index < -0.39 is 0 Å². The maximum Gasteiger partial charge on any atom is 0.241 e. The average Bonchev–Trinajstić information content (AvgIpc) is 3.48. The van der Waals surface area contributed by atoms with Gasteiger partial charge < -0.3 is 19.3 Å². The second-order valence-electron chi connectivity index (χ2n) is 7.48. The van der Waals surface area contributed by atoms with Gasteiger partial charge >= 0.3 is 0 Å². The third-order valence-corrected chi connectivity index (χ3v) is 6.41. The summed E-state index contributed by atoms with van der Waals surface area (Å²) in [5.41, 5.74) is 0.788. The Labute approximate surface area is 189 Å². The summed E-state index contributed by atoms with van der Waals surface area (Å²) in [6.45, 7) is 4.12. The molecule has 32 heavy (non-hydrogen) atoms. The first kappa shape index (κ1) is 22.2. The van der Waals surface area contributed by atoms with Crippen LogP contribution in [0.25, 0.3) is 11.4 Å². The molecule has 0 spiro atoms. The summed E-state index contributed by atoms with van der Waals surface area (Å²) in [6, 6.07) is 5.49. The van der Waals surface area contributed by atoms with E-state index in [0.29, 0.717) is 34.9 Å². The van der Waals surface area contributed by atoms with Gasteiger partial charge in [0.25, 0.3) is 0 Å². The van der Waals surface area contributed by atoms with Gasteiger partial charge in [-0.3, -0.25) is 9.69 Å². The molecule has 1 saturated heterocycles. The average molecular weight is 459 g/mol. The molecule has 1 amide bonds. The Hall–Kier alpha value is -3.05. The fourth-order valence-electron chi connectivity index (χ4n) is 3.61. The summed E-state index contributed by atoms with van der Waals surface area (Å²) in [5, 5.41) is 16.6. The van der Waals surface area contributed by atoms with Crippen molar-refractivity contribution in [3.8, 4) is 22.9 Å². The number of piperidine rings is 1. The van der Waals surface area contributed by atoms with Crippen molar-refractivity contribution >= 4 is 22.4 Å². The first-order valence-electron chi connectivity index (χ1n) is 10.5. The number of amides is 1. The molecule has 0 unspecified atom stereocenters. The van der Waals surface area contributed by atoms with Gasteiger partial charge in [-0.1, -0.05) is 23.4 Å². The Morgan fingerprint density at radius 2 is 2.00 bits per heavy atom. The Kier molecular flexibility index (Phi) is 6.96. The number of anilines is 1. The van der Waals surface area contributed by atoms with Crippen LogP contribution in [0, 0.1) is 5.92 Å². The van der Waals surface area contributed by atoms with E-state index in [9.17, 15) is 4.79 Å². The van der Waals surface area contributed by atoms with Crippen LogP contribution in [0.15, 0.2) is 22.7 Å². The smallest absolute Gasteiger partial charge is 0.241 e. The van der Waals surface area contributed by atoms with Gasteiger partial charge in [-0.2, -0.15) is 4.98 Å². The fourth-order valence-corrected chi connectivity index (χ4v) is 4.29. The van der Waals surface area contributed by atoms with Crippen LogP contribution in [-0.2, 0) is 17.8 Å². The summed E-state index contributed by atoms with van der Waals surface area (Å²) in [4.78, 5) is 19.3. The summed E-state index contributed by atoms with van der Waals surface area (Å²) in [7, 11) is 3.18. The van der Waals surface area contributed by atoms with E-state index in [-0.39, 0.29) is 11.8 Å². The maximum atomic E-state index is 12.5. The van der Waals surface area contributed by atoms with Crippen LogP contribution in [0.3, 0.4) is 0 Å². The van der Waals surface area contributed by atoms with Gasteiger partial charge in [0.2, 0.25) is 22.8 Å². The highest BCUT2D eigenvalue weighted by Gasteiger charge is 2.27. The molecule has 3 heterocycles. The van der Waals surface area contributed by atoms with Gasteiger partial charge in [0.1, 0.15) is 5.01 Å². The van der Waals surface area contributed by atoms with E-state index in [1.165, 1.54) is 11.3 Å². The summed E-state index contributed by atoms with van der Waals surface area (Å²) < 4.78 is 16.1. The monoisotopic (exact) mass is 458 g/mol. The molecule has 1 aromatic carbocycles. The number of benzene rings is 1. The molecule has 2 aromatic heterocycles. The van der Waals surface area contributed by atoms with Crippen LogP contribution in [0.4, 0.5) is 5.13 Å². The highest BCUT2D eigenvalue weighted by Crippen LogP contribution is 2.31. The molecule has 10 nitrogen and oxygen atoms in total. The number of carbonyl (C=O) groups excluding carboxylic acids is 1. The number of aryl methyl sites for hydroxylation is 1. The van der Waals surface area contributed by atoms with Crippen LogP contribution in [0.5, 0.6) is 11.5 Å². The standard InChI is InChI=1S/C21H26N6O4S/c1-4-18-24-25-21(32-18)23-20(28)13-7-9-27(10-8-13)12-17-22-19(26-31-17)14-5-6-15(29-2)16(11-14)30-3/h5-6,11,13H,4,7-10,12H2,1-3H3,(H,23,25,28). The summed E-state index contributed by atoms with van der Waals surface area (Å²) in [6.07, 6.45) is 2.35. The molecule has 0 bridgehead atoms. The lowest BCUT2D eigenvalue weighted by Crippen LogP contribution is -2.37. The van der Waals surface area contributed by atoms with Gasteiger partial charge in [-0.25, -0.2) is 0 Å². The number of nitrogens with one attached hydrogen (secondary N) is 1. The zero-order valence-corrected chi connectivity index (χ0v) is 19.1. The molecule has 0 atom stereocenters. The lowest BCUT2D eigenvalue weighted by atomic mass is 9.96. The highest BCUT2D eigenvalue weighted by atomic mass is 32.1. The lowest BCUT2D eigenvalue weighted by molar-refractivity contribution is -0.121. The topological polar surface area (TPSA) is 116 Å². The molecule has 1 fully saturated rings. The Morgan fingerprint density at radius 1 is 1.22 bits per heavy atom. The number of carbonyl (C=O) groups is 1. The number of aromatic nitrogens is 4. The van der Waals surface area contributed by atoms with E-state index >= 15 is 0 Å². The van der Waals surface area contributed by atoms with E-state index in [2.05, 4.69) is 30.6 Å². The molecule has 1 aliphatic rings. The minimum Gasteiger partial charge on any atom is -0.493 e.